The van der Waals surface area contributed by atoms with E-state index in [9.17, 15) is 10.1 Å². The number of nitro benzene ring substituents is 1. The molecule has 0 saturated carbocycles. The number of fused-ring (bicyclic) bond motifs is 1. The van der Waals surface area contributed by atoms with Crippen LogP contribution in [-0.2, 0) is 6.42 Å². The van der Waals surface area contributed by atoms with E-state index in [4.69, 9.17) is 0 Å². The van der Waals surface area contributed by atoms with Crippen molar-refractivity contribution in [2.24, 2.45) is 5.92 Å². The number of non-ortho nitro benzene ring substituents is 1. The lowest BCUT2D eigenvalue weighted by atomic mass is 9.94. The van der Waals surface area contributed by atoms with E-state index in [1.54, 1.807) is 12.1 Å². The van der Waals surface area contributed by atoms with Crippen LogP contribution >= 0.6 is 12.4 Å². The van der Waals surface area contributed by atoms with Crippen LogP contribution in [0.15, 0.2) is 18.2 Å². The first kappa shape index (κ1) is 14.7. The van der Waals surface area contributed by atoms with Crippen molar-refractivity contribution in [1.29, 1.82) is 0 Å². The minimum atomic E-state index is -0.382. The second-order valence-corrected chi connectivity index (χ2v) is 5.04. The molecule has 2 heterocycles. The Balaban J connectivity index is 0.00000147. The number of benzene rings is 1. The van der Waals surface area contributed by atoms with Gasteiger partial charge in [0.2, 0.25) is 0 Å². The summed E-state index contributed by atoms with van der Waals surface area (Å²) in [6.45, 7) is 2.13. The zero-order valence-corrected chi connectivity index (χ0v) is 11.8. The number of H-pyrrole nitrogens is 1. The van der Waals surface area contributed by atoms with Crippen molar-refractivity contribution in [2.75, 3.05) is 13.1 Å². The number of imidazole rings is 1. The predicted octanol–water partition coefficient (Wildman–Crippen LogP) is 2.43. The zero-order valence-electron chi connectivity index (χ0n) is 11.0. The van der Waals surface area contributed by atoms with Gasteiger partial charge in [0.15, 0.2) is 0 Å². The third-order valence-electron chi connectivity index (χ3n) is 3.67. The molecule has 6 nitrogen and oxygen atoms in total. The molecule has 3 rings (SSSR count). The predicted molar refractivity (Wildman–Crippen MR) is 79.3 cm³/mol. The summed E-state index contributed by atoms with van der Waals surface area (Å²) in [4.78, 5) is 18.1. The number of piperidine rings is 1. The highest BCUT2D eigenvalue weighted by molar-refractivity contribution is 5.85. The molecular weight excluding hydrogens is 280 g/mol. The van der Waals surface area contributed by atoms with Gasteiger partial charge in [-0.3, -0.25) is 10.1 Å². The molecule has 2 aromatic rings. The number of hydrogen-bond donors (Lipinski definition) is 2. The van der Waals surface area contributed by atoms with Crippen molar-refractivity contribution in [3.63, 3.8) is 0 Å². The van der Waals surface area contributed by atoms with Gasteiger partial charge in [-0.2, -0.15) is 0 Å². The first-order valence-electron chi connectivity index (χ1n) is 6.56. The molecule has 1 aliphatic rings. The Labute approximate surface area is 122 Å². The molecular formula is C13H17ClN4O2. The number of nitrogens with zero attached hydrogens (tertiary/aromatic N) is 2. The summed E-state index contributed by atoms with van der Waals surface area (Å²) < 4.78 is 0. The number of hydrogen-bond acceptors (Lipinski definition) is 4. The first-order valence-corrected chi connectivity index (χ1v) is 6.56. The Kier molecular flexibility index (Phi) is 4.57. The molecule has 0 amide bonds. The molecule has 0 spiro atoms. The average Bonchev–Trinajstić information content (AvgIpc) is 2.80. The van der Waals surface area contributed by atoms with E-state index in [-0.39, 0.29) is 23.0 Å². The van der Waals surface area contributed by atoms with Crippen LogP contribution in [0, 0.1) is 16.0 Å². The summed E-state index contributed by atoms with van der Waals surface area (Å²) in [5.74, 6) is 1.58. The summed E-state index contributed by atoms with van der Waals surface area (Å²) in [7, 11) is 0. The van der Waals surface area contributed by atoms with Gasteiger partial charge in [0.1, 0.15) is 5.82 Å². The fraction of sp³-hybridized carbons (Fsp3) is 0.462. The van der Waals surface area contributed by atoms with Crippen LogP contribution in [0.2, 0.25) is 0 Å². The van der Waals surface area contributed by atoms with E-state index < -0.39 is 0 Å². The topological polar surface area (TPSA) is 83.8 Å². The Hall–Kier alpha value is -1.66. The maximum Gasteiger partial charge on any atom is 0.271 e. The van der Waals surface area contributed by atoms with Crippen molar-refractivity contribution < 1.29 is 4.92 Å². The maximum absolute atomic E-state index is 10.7. The summed E-state index contributed by atoms with van der Waals surface area (Å²) in [6.07, 6.45) is 3.25. The Bertz CT molecular complexity index is 607. The SMILES string of the molecule is Cl.O=[N+]([O-])c1ccc2nc(CC3CCNCC3)[nH]c2c1. The zero-order chi connectivity index (χ0) is 13.2. The third kappa shape index (κ3) is 3.08. The van der Waals surface area contributed by atoms with Crippen molar-refractivity contribution in [3.8, 4) is 0 Å². The average molecular weight is 297 g/mol. The Morgan fingerprint density at radius 1 is 1.35 bits per heavy atom. The molecule has 20 heavy (non-hydrogen) atoms. The number of halogens is 1. The first-order chi connectivity index (χ1) is 9.22. The van der Waals surface area contributed by atoms with Gasteiger partial charge in [0.05, 0.1) is 16.0 Å². The van der Waals surface area contributed by atoms with Crippen molar-refractivity contribution in [2.45, 2.75) is 19.3 Å². The van der Waals surface area contributed by atoms with E-state index in [2.05, 4.69) is 15.3 Å². The van der Waals surface area contributed by atoms with Crippen molar-refractivity contribution in [1.82, 2.24) is 15.3 Å². The monoisotopic (exact) mass is 296 g/mol. The molecule has 1 aromatic carbocycles. The highest BCUT2D eigenvalue weighted by atomic mass is 35.5. The molecule has 2 N–H and O–H groups in total. The second-order valence-electron chi connectivity index (χ2n) is 5.04. The summed E-state index contributed by atoms with van der Waals surface area (Å²) in [5, 5.41) is 14.1. The van der Waals surface area contributed by atoms with Crippen LogP contribution in [0.4, 0.5) is 5.69 Å². The fourth-order valence-electron chi connectivity index (χ4n) is 2.62. The molecule has 0 unspecified atom stereocenters. The van der Waals surface area contributed by atoms with Gasteiger partial charge >= 0.3 is 0 Å². The number of rotatable bonds is 3. The highest BCUT2D eigenvalue weighted by Crippen LogP contribution is 2.22. The summed E-state index contributed by atoms with van der Waals surface area (Å²) >= 11 is 0. The van der Waals surface area contributed by atoms with Crippen LogP contribution < -0.4 is 5.32 Å². The molecule has 108 valence electrons. The van der Waals surface area contributed by atoms with Gasteiger partial charge in [0, 0.05) is 18.6 Å². The Morgan fingerprint density at radius 3 is 2.80 bits per heavy atom. The Morgan fingerprint density at radius 2 is 2.10 bits per heavy atom. The quantitative estimate of drug-likeness (QED) is 0.673. The van der Waals surface area contributed by atoms with Crippen LogP contribution in [-0.4, -0.2) is 28.0 Å². The van der Waals surface area contributed by atoms with E-state index in [0.717, 1.165) is 49.2 Å². The van der Waals surface area contributed by atoms with Gasteiger partial charge in [0.25, 0.3) is 5.69 Å². The van der Waals surface area contributed by atoms with Gasteiger partial charge in [-0.1, -0.05) is 0 Å². The maximum atomic E-state index is 10.7. The molecule has 0 aliphatic carbocycles. The fourth-order valence-corrected chi connectivity index (χ4v) is 2.62. The van der Waals surface area contributed by atoms with Gasteiger partial charge in [-0.05, 0) is 37.9 Å². The van der Waals surface area contributed by atoms with E-state index in [0.29, 0.717) is 5.92 Å². The standard InChI is InChI=1S/C13H16N4O2.ClH/c18-17(19)10-1-2-11-12(8-10)16-13(15-11)7-9-3-5-14-6-4-9;/h1-2,8-9,14H,3-7H2,(H,15,16);1H. The van der Waals surface area contributed by atoms with Crippen LogP contribution in [0.25, 0.3) is 11.0 Å². The lowest BCUT2D eigenvalue weighted by Crippen LogP contribution is -2.28. The molecule has 0 atom stereocenters. The normalized spacial score (nSPS) is 16.0. The molecule has 1 fully saturated rings. The van der Waals surface area contributed by atoms with Crippen LogP contribution in [0.3, 0.4) is 0 Å². The largest absolute Gasteiger partial charge is 0.342 e. The minimum Gasteiger partial charge on any atom is -0.342 e. The molecule has 7 heteroatoms. The molecule has 1 aromatic heterocycles. The third-order valence-corrected chi connectivity index (χ3v) is 3.67. The number of aromatic nitrogens is 2. The van der Waals surface area contributed by atoms with Crippen LogP contribution in [0.1, 0.15) is 18.7 Å². The molecule has 1 aliphatic heterocycles. The summed E-state index contributed by atoms with van der Waals surface area (Å²) in [5.41, 5.74) is 1.65. The lowest BCUT2D eigenvalue weighted by molar-refractivity contribution is -0.384. The van der Waals surface area contributed by atoms with Gasteiger partial charge in [-0.15, -0.1) is 12.4 Å². The van der Waals surface area contributed by atoms with Gasteiger partial charge in [-0.25, -0.2) is 4.98 Å². The van der Waals surface area contributed by atoms with E-state index >= 15 is 0 Å². The van der Waals surface area contributed by atoms with Crippen molar-refractivity contribution >= 4 is 29.1 Å². The number of nitrogens with one attached hydrogen (secondary N) is 2. The molecule has 1 saturated heterocycles. The summed E-state index contributed by atoms with van der Waals surface area (Å²) in [6, 6.07) is 4.75. The number of aromatic amines is 1. The van der Waals surface area contributed by atoms with E-state index in [1.807, 2.05) is 0 Å². The smallest absolute Gasteiger partial charge is 0.271 e. The second kappa shape index (κ2) is 6.19. The molecule has 0 radical (unpaired) electrons. The lowest BCUT2D eigenvalue weighted by Gasteiger charge is -2.21. The molecule has 0 bridgehead atoms. The van der Waals surface area contributed by atoms with Gasteiger partial charge < -0.3 is 10.3 Å². The highest BCUT2D eigenvalue weighted by Gasteiger charge is 2.16. The minimum absolute atomic E-state index is 0. The number of nitro groups is 1. The van der Waals surface area contributed by atoms with Crippen LogP contribution in [0.5, 0.6) is 0 Å². The van der Waals surface area contributed by atoms with E-state index in [1.165, 1.54) is 6.07 Å². The van der Waals surface area contributed by atoms with Crippen molar-refractivity contribution in [3.05, 3.63) is 34.1 Å².